The van der Waals surface area contributed by atoms with Gasteiger partial charge in [-0.25, -0.2) is 14.5 Å². The number of halogens is 1. The van der Waals surface area contributed by atoms with E-state index in [2.05, 4.69) is 27.9 Å². The molecule has 0 bridgehead atoms. The van der Waals surface area contributed by atoms with Gasteiger partial charge >= 0.3 is 11.9 Å². The molecular weight excluding hydrogens is 599 g/mol. The number of imide groups is 1. The van der Waals surface area contributed by atoms with Gasteiger partial charge in [0.2, 0.25) is 11.8 Å². The summed E-state index contributed by atoms with van der Waals surface area (Å²) in [6, 6.07) is 16.9. The summed E-state index contributed by atoms with van der Waals surface area (Å²) in [5.41, 5.74) is 0.0465. The van der Waals surface area contributed by atoms with Gasteiger partial charge in [0.05, 0.1) is 27.6 Å². The molecule has 1 unspecified atom stereocenters. The van der Waals surface area contributed by atoms with Crippen molar-refractivity contribution in [3.05, 3.63) is 87.0 Å². The molecule has 4 rings (SSSR count). The van der Waals surface area contributed by atoms with Crippen LogP contribution in [0.4, 0.5) is 11.4 Å². The molecule has 0 aromatic heterocycles. The van der Waals surface area contributed by atoms with Crippen molar-refractivity contribution in [1.82, 2.24) is 0 Å². The number of carboxylic acid groups (broad SMARTS) is 2. The van der Waals surface area contributed by atoms with Crippen LogP contribution >= 0.6 is 34.4 Å². The number of hydrogen-bond acceptors (Lipinski definition) is 6. The number of nitrogens with one attached hydrogen (secondary N) is 1. The Morgan fingerprint density at radius 3 is 2.17 bits per heavy atom. The summed E-state index contributed by atoms with van der Waals surface area (Å²) in [5.74, 6) is -4.01. The van der Waals surface area contributed by atoms with Crippen LogP contribution in [0.5, 0.6) is 0 Å². The van der Waals surface area contributed by atoms with Crippen molar-refractivity contribution < 1.29 is 34.2 Å². The van der Waals surface area contributed by atoms with E-state index < -0.39 is 28.7 Å². The summed E-state index contributed by atoms with van der Waals surface area (Å²) < 4.78 is 0.991. The van der Waals surface area contributed by atoms with Crippen molar-refractivity contribution in [2.24, 2.45) is 0 Å². The normalized spacial score (nSPS) is 15.1. The average molecular weight is 616 g/mol. The maximum absolute atomic E-state index is 12.9. The third-order valence-electron chi connectivity index (χ3n) is 5.32. The topological polar surface area (TPSA) is 141 Å². The highest BCUT2D eigenvalue weighted by Crippen LogP contribution is 2.34. The zero-order valence-corrected chi connectivity index (χ0v) is 21.3. The van der Waals surface area contributed by atoms with Crippen LogP contribution < -0.4 is 10.2 Å². The van der Waals surface area contributed by atoms with Crippen molar-refractivity contribution in [2.75, 3.05) is 10.2 Å². The number of hydrogen-bond donors (Lipinski definition) is 3. The minimum Gasteiger partial charge on any atom is -0.478 e. The highest BCUT2D eigenvalue weighted by atomic mass is 127. The lowest BCUT2D eigenvalue weighted by Gasteiger charge is -2.15. The van der Waals surface area contributed by atoms with E-state index in [1.54, 1.807) is 36.4 Å². The van der Waals surface area contributed by atoms with Crippen LogP contribution in [0.15, 0.2) is 71.6 Å². The smallest absolute Gasteiger partial charge is 0.336 e. The molecule has 11 heteroatoms. The lowest BCUT2D eigenvalue weighted by molar-refractivity contribution is -0.121. The Labute approximate surface area is 222 Å². The third-order valence-corrected chi connectivity index (χ3v) is 7.24. The second kappa shape index (κ2) is 10.5. The number of rotatable bonds is 7. The summed E-state index contributed by atoms with van der Waals surface area (Å²) in [7, 11) is 0. The fraction of sp³-hybridized carbons (Fsp3) is 0.0800. The Morgan fingerprint density at radius 1 is 0.889 bits per heavy atom. The highest BCUT2D eigenvalue weighted by molar-refractivity contribution is 14.1. The number of carboxylic acids is 2. The maximum Gasteiger partial charge on any atom is 0.336 e. The van der Waals surface area contributed by atoms with E-state index in [1.807, 2.05) is 12.1 Å². The molecular formula is C25H17IN2O7S. The molecule has 0 aliphatic carbocycles. The van der Waals surface area contributed by atoms with Gasteiger partial charge in [0.25, 0.3) is 5.91 Å². The monoisotopic (exact) mass is 616 g/mol. The van der Waals surface area contributed by atoms with Crippen LogP contribution in [0, 0.1) is 3.57 Å². The number of anilines is 2. The number of nitrogens with zero attached hydrogens (tertiary/aromatic N) is 1. The molecule has 0 radical (unpaired) electrons. The molecule has 1 aliphatic rings. The Morgan fingerprint density at radius 2 is 1.56 bits per heavy atom. The molecule has 3 aromatic carbocycles. The van der Waals surface area contributed by atoms with E-state index >= 15 is 0 Å². The number of amides is 3. The summed E-state index contributed by atoms with van der Waals surface area (Å²) in [6.45, 7) is 0. The van der Waals surface area contributed by atoms with Crippen molar-refractivity contribution >= 4 is 75.4 Å². The van der Waals surface area contributed by atoms with Gasteiger partial charge < -0.3 is 15.5 Å². The Kier molecular flexibility index (Phi) is 7.40. The van der Waals surface area contributed by atoms with Crippen LogP contribution in [0.2, 0.25) is 0 Å². The lowest BCUT2D eigenvalue weighted by Crippen LogP contribution is -2.31. The summed E-state index contributed by atoms with van der Waals surface area (Å²) in [5, 5.41) is 20.4. The number of thioether (sulfide) groups is 1. The molecule has 36 heavy (non-hydrogen) atoms. The number of benzene rings is 3. The Balaban J connectivity index is 1.44. The van der Waals surface area contributed by atoms with Gasteiger partial charge in [-0.05, 0) is 89.3 Å². The first-order valence-electron chi connectivity index (χ1n) is 10.4. The number of aromatic carboxylic acids is 2. The first-order valence-corrected chi connectivity index (χ1v) is 12.4. The second-order valence-corrected chi connectivity index (χ2v) is 10.2. The van der Waals surface area contributed by atoms with E-state index in [0.717, 1.165) is 21.8 Å². The molecule has 3 amide bonds. The minimum atomic E-state index is -1.43. The molecule has 1 heterocycles. The molecule has 0 saturated carbocycles. The largest absolute Gasteiger partial charge is 0.478 e. The van der Waals surface area contributed by atoms with E-state index in [1.165, 1.54) is 16.7 Å². The van der Waals surface area contributed by atoms with Gasteiger partial charge in [-0.3, -0.25) is 14.4 Å². The molecule has 3 N–H and O–H groups in total. The van der Waals surface area contributed by atoms with Gasteiger partial charge in [-0.2, -0.15) is 0 Å². The second-order valence-electron chi connectivity index (χ2n) is 7.70. The van der Waals surface area contributed by atoms with Gasteiger partial charge in [0.15, 0.2) is 0 Å². The van der Waals surface area contributed by atoms with E-state index in [9.17, 15) is 29.1 Å². The molecule has 1 fully saturated rings. The van der Waals surface area contributed by atoms with Crippen LogP contribution in [-0.2, 0) is 9.59 Å². The summed E-state index contributed by atoms with van der Waals surface area (Å²) in [6.07, 6.45) is 0.0677. The van der Waals surface area contributed by atoms with E-state index in [4.69, 9.17) is 5.11 Å². The van der Waals surface area contributed by atoms with Gasteiger partial charge in [0.1, 0.15) is 0 Å². The van der Waals surface area contributed by atoms with Crippen molar-refractivity contribution in [3.8, 4) is 0 Å². The Bertz CT molecular complexity index is 1390. The predicted molar refractivity (Wildman–Crippen MR) is 141 cm³/mol. The van der Waals surface area contributed by atoms with E-state index in [-0.39, 0.29) is 29.4 Å². The first-order chi connectivity index (χ1) is 17.1. The van der Waals surface area contributed by atoms with Crippen molar-refractivity contribution in [3.63, 3.8) is 0 Å². The van der Waals surface area contributed by atoms with Crippen molar-refractivity contribution in [1.29, 1.82) is 0 Å². The molecule has 9 nitrogen and oxygen atoms in total. The zero-order chi connectivity index (χ0) is 26.0. The fourth-order valence-electron chi connectivity index (χ4n) is 3.59. The molecule has 3 aromatic rings. The zero-order valence-electron chi connectivity index (χ0n) is 18.3. The van der Waals surface area contributed by atoms with Crippen LogP contribution in [-0.4, -0.2) is 45.1 Å². The number of carbonyl (C=O) groups excluding carboxylic acids is 3. The molecule has 1 atom stereocenters. The summed E-state index contributed by atoms with van der Waals surface area (Å²) in [4.78, 5) is 62.5. The average Bonchev–Trinajstić information content (AvgIpc) is 3.12. The third kappa shape index (κ3) is 5.41. The first kappa shape index (κ1) is 25.4. The lowest BCUT2D eigenvalue weighted by atomic mass is 10.0. The standard InChI is InChI=1S/C25H17IN2O7S/c26-14-2-6-16(7-3-14)28-21(29)12-20(23(28)31)36-17-8-4-15(5-9-17)27-22(30)18-10-1-13(24(32)33)11-19(18)25(34)35/h1-11,20H,12H2,(H,27,30)(H,32,33)(H,34,35). The SMILES string of the molecule is O=C(O)c1ccc(C(=O)Nc2ccc(SC3CC(=O)N(c4ccc(I)cc4)C3=O)cc2)c(C(=O)O)c1. The van der Waals surface area contributed by atoms with Crippen LogP contribution in [0.1, 0.15) is 37.5 Å². The summed E-state index contributed by atoms with van der Waals surface area (Å²) >= 11 is 3.38. The number of carbonyl (C=O) groups is 5. The van der Waals surface area contributed by atoms with Crippen molar-refractivity contribution in [2.45, 2.75) is 16.6 Å². The molecule has 182 valence electrons. The molecule has 0 spiro atoms. The Hall–Kier alpha value is -3.71. The molecule has 1 aliphatic heterocycles. The van der Waals surface area contributed by atoms with Crippen LogP contribution in [0.25, 0.3) is 0 Å². The minimum absolute atomic E-state index is 0.0677. The molecule has 1 saturated heterocycles. The highest BCUT2D eigenvalue weighted by Gasteiger charge is 2.40. The predicted octanol–water partition coefficient (Wildman–Crippen LogP) is 4.36. The van der Waals surface area contributed by atoms with Gasteiger partial charge in [-0.1, -0.05) is 0 Å². The van der Waals surface area contributed by atoms with Crippen LogP contribution in [0.3, 0.4) is 0 Å². The van der Waals surface area contributed by atoms with Gasteiger partial charge in [-0.15, -0.1) is 11.8 Å². The fourth-order valence-corrected chi connectivity index (χ4v) is 5.00. The van der Waals surface area contributed by atoms with Gasteiger partial charge in [0, 0.05) is 20.6 Å². The quantitative estimate of drug-likeness (QED) is 0.263. The van der Waals surface area contributed by atoms with E-state index in [0.29, 0.717) is 16.3 Å². The maximum atomic E-state index is 12.9.